The van der Waals surface area contributed by atoms with E-state index in [1.807, 2.05) is 0 Å². The summed E-state index contributed by atoms with van der Waals surface area (Å²) in [5.74, 6) is -0.881. The van der Waals surface area contributed by atoms with Crippen LogP contribution in [0.15, 0.2) is 71.6 Å². The van der Waals surface area contributed by atoms with E-state index in [-0.39, 0.29) is 34.8 Å². The zero-order valence-electron chi connectivity index (χ0n) is 24.3. The van der Waals surface area contributed by atoms with E-state index >= 15 is 0 Å². The summed E-state index contributed by atoms with van der Waals surface area (Å²) >= 11 is 6.08. The third-order valence-corrected chi connectivity index (χ3v) is 9.49. The maximum atomic E-state index is 14.1. The Morgan fingerprint density at radius 1 is 0.977 bits per heavy atom. The van der Waals surface area contributed by atoms with E-state index in [0.29, 0.717) is 16.3 Å². The van der Waals surface area contributed by atoms with Gasteiger partial charge in [-0.15, -0.1) is 0 Å². The van der Waals surface area contributed by atoms with E-state index in [4.69, 9.17) is 21.1 Å². The van der Waals surface area contributed by atoms with Crippen molar-refractivity contribution in [1.29, 1.82) is 0 Å². The van der Waals surface area contributed by atoms with Crippen molar-refractivity contribution < 1.29 is 31.9 Å². The fraction of sp³-hybridized carbons (Fsp3) is 0.355. The van der Waals surface area contributed by atoms with Crippen LogP contribution >= 0.6 is 11.6 Å². The summed E-state index contributed by atoms with van der Waals surface area (Å²) in [5.41, 5.74) is 0.772. The topological polar surface area (TPSA) is 105 Å². The van der Waals surface area contributed by atoms with E-state index in [1.165, 1.54) is 85.8 Å². The molecule has 43 heavy (non-hydrogen) atoms. The number of carbonyl (C=O) groups is 2. The van der Waals surface area contributed by atoms with Crippen LogP contribution in [0, 0.1) is 5.82 Å². The second-order valence-corrected chi connectivity index (χ2v) is 12.6. The Bertz CT molecular complexity index is 1530. The Morgan fingerprint density at radius 2 is 1.60 bits per heavy atom. The normalized spacial score (nSPS) is 14.2. The van der Waals surface area contributed by atoms with Crippen LogP contribution in [0.3, 0.4) is 0 Å². The van der Waals surface area contributed by atoms with Crippen molar-refractivity contribution in [3.8, 4) is 11.5 Å². The lowest BCUT2D eigenvalue weighted by atomic mass is 10.1. The van der Waals surface area contributed by atoms with Gasteiger partial charge < -0.3 is 19.7 Å². The van der Waals surface area contributed by atoms with Crippen molar-refractivity contribution in [1.82, 2.24) is 10.2 Å². The summed E-state index contributed by atoms with van der Waals surface area (Å²) in [6.45, 7) is 0.935. The van der Waals surface area contributed by atoms with E-state index in [2.05, 4.69) is 5.32 Å². The number of nitrogens with one attached hydrogen (secondary N) is 1. The van der Waals surface area contributed by atoms with Crippen molar-refractivity contribution >= 4 is 39.1 Å². The summed E-state index contributed by atoms with van der Waals surface area (Å²) in [6.07, 6.45) is 3.75. The van der Waals surface area contributed by atoms with Gasteiger partial charge in [0.15, 0.2) is 11.5 Å². The van der Waals surface area contributed by atoms with Crippen molar-refractivity contribution in [2.24, 2.45) is 0 Å². The lowest BCUT2D eigenvalue weighted by Crippen LogP contribution is -2.52. The highest BCUT2D eigenvalue weighted by molar-refractivity contribution is 7.92. The molecule has 1 aliphatic carbocycles. The average molecular weight is 632 g/mol. The molecule has 0 heterocycles. The zero-order valence-corrected chi connectivity index (χ0v) is 25.8. The smallest absolute Gasteiger partial charge is 0.264 e. The largest absolute Gasteiger partial charge is 0.493 e. The molecule has 1 saturated carbocycles. The molecule has 12 heteroatoms. The number of hydrogen-bond donors (Lipinski definition) is 1. The van der Waals surface area contributed by atoms with Crippen LogP contribution in [0.4, 0.5) is 10.1 Å². The molecule has 0 bridgehead atoms. The number of sulfonamides is 1. The maximum absolute atomic E-state index is 14.1. The highest BCUT2D eigenvalue weighted by atomic mass is 35.5. The highest BCUT2D eigenvalue weighted by Gasteiger charge is 2.34. The van der Waals surface area contributed by atoms with Crippen LogP contribution in [0.25, 0.3) is 0 Å². The van der Waals surface area contributed by atoms with Gasteiger partial charge in [0.25, 0.3) is 10.0 Å². The van der Waals surface area contributed by atoms with Gasteiger partial charge in [0, 0.05) is 23.7 Å². The summed E-state index contributed by atoms with van der Waals surface area (Å²) in [4.78, 5) is 28.5. The Labute approximate surface area is 256 Å². The molecule has 3 aromatic rings. The second kappa shape index (κ2) is 14.1. The van der Waals surface area contributed by atoms with Crippen molar-refractivity contribution in [3.05, 3.63) is 83.1 Å². The predicted octanol–water partition coefficient (Wildman–Crippen LogP) is 5.17. The van der Waals surface area contributed by atoms with Crippen LogP contribution in [-0.4, -0.2) is 58.0 Å². The molecule has 9 nitrogen and oxygen atoms in total. The molecule has 0 spiro atoms. The fourth-order valence-electron chi connectivity index (χ4n) is 5.00. The van der Waals surface area contributed by atoms with Gasteiger partial charge >= 0.3 is 0 Å². The van der Waals surface area contributed by atoms with Crippen LogP contribution in [-0.2, 0) is 26.2 Å². The van der Waals surface area contributed by atoms with Crippen molar-refractivity contribution in [3.63, 3.8) is 0 Å². The number of methoxy groups -OCH3 is 2. The zero-order chi connectivity index (χ0) is 31.1. The number of carbonyl (C=O) groups excluding carboxylic acids is 2. The van der Waals surface area contributed by atoms with Crippen LogP contribution in [0.2, 0.25) is 5.02 Å². The monoisotopic (exact) mass is 631 g/mol. The minimum atomic E-state index is -4.34. The second-order valence-electron chi connectivity index (χ2n) is 10.3. The number of rotatable bonds is 12. The average Bonchev–Trinajstić information content (AvgIpc) is 3.52. The minimum absolute atomic E-state index is 0.0220. The van der Waals surface area contributed by atoms with Gasteiger partial charge in [-0.25, -0.2) is 12.8 Å². The molecule has 2 amide bonds. The van der Waals surface area contributed by atoms with Crippen molar-refractivity contribution in [2.75, 3.05) is 25.1 Å². The van der Waals surface area contributed by atoms with E-state index in [1.54, 1.807) is 6.92 Å². The molecular weight excluding hydrogens is 597 g/mol. The first-order valence-corrected chi connectivity index (χ1v) is 15.7. The number of ether oxygens (including phenoxy) is 2. The summed E-state index contributed by atoms with van der Waals surface area (Å²) < 4.78 is 53.3. The number of amides is 2. The van der Waals surface area contributed by atoms with Gasteiger partial charge in [-0.3, -0.25) is 13.9 Å². The third kappa shape index (κ3) is 7.77. The van der Waals surface area contributed by atoms with E-state index in [0.717, 1.165) is 30.0 Å². The molecule has 230 valence electrons. The SMILES string of the molecule is COc1ccc(S(=O)(=O)N(CC(=O)N(Cc2ccc(F)cc2)C(C)C(=O)NC2CCCC2)c2ccc(Cl)cc2)cc1OC. The third-order valence-electron chi connectivity index (χ3n) is 7.47. The molecule has 0 aromatic heterocycles. The number of nitrogens with zero attached hydrogens (tertiary/aromatic N) is 2. The predicted molar refractivity (Wildman–Crippen MR) is 162 cm³/mol. The first-order chi connectivity index (χ1) is 20.5. The molecule has 3 aromatic carbocycles. The molecule has 1 atom stereocenters. The maximum Gasteiger partial charge on any atom is 0.264 e. The lowest BCUT2D eigenvalue weighted by molar-refractivity contribution is -0.139. The summed E-state index contributed by atoms with van der Waals surface area (Å²) in [6, 6.07) is 14.8. The van der Waals surface area contributed by atoms with Gasteiger partial charge in [0.05, 0.1) is 24.8 Å². The van der Waals surface area contributed by atoms with Crippen LogP contribution in [0.1, 0.15) is 38.2 Å². The van der Waals surface area contributed by atoms with Gasteiger partial charge in [0.1, 0.15) is 18.4 Å². The number of hydrogen-bond acceptors (Lipinski definition) is 6. The molecule has 0 aliphatic heterocycles. The Kier molecular flexibility index (Phi) is 10.5. The van der Waals surface area contributed by atoms with Gasteiger partial charge in [0.2, 0.25) is 11.8 Å². The molecule has 1 unspecified atom stereocenters. The Morgan fingerprint density at radius 3 is 2.21 bits per heavy atom. The number of anilines is 1. The van der Waals surface area contributed by atoms with Gasteiger partial charge in [-0.05, 0) is 73.9 Å². The van der Waals surface area contributed by atoms with Gasteiger partial charge in [-0.2, -0.15) is 0 Å². The van der Waals surface area contributed by atoms with Crippen LogP contribution < -0.4 is 19.1 Å². The molecule has 1 aliphatic rings. The molecular formula is C31H35ClFN3O6S. The molecule has 0 radical (unpaired) electrons. The van der Waals surface area contributed by atoms with E-state index in [9.17, 15) is 22.4 Å². The summed E-state index contributed by atoms with van der Waals surface area (Å²) in [5, 5.41) is 3.40. The lowest BCUT2D eigenvalue weighted by Gasteiger charge is -2.32. The highest BCUT2D eigenvalue weighted by Crippen LogP contribution is 2.33. The number of halogens is 2. The minimum Gasteiger partial charge on any atom is -0.493 e. The first-order valence-electron chi connectivity index (χ1n) is 13.9. The Balaban J connectivity index is 1.71. The van der Waals surface area contributed by atoms with Crippen molar-refractivity contribution in [2.45, 2.75) is 56.1 Å². The molecule has 1 fully saturated rings. The van der Waals surface area contributed by atoms with E-state index < -0.39 is 34.3 Å². The molecule has 1 N–H and O–H groups in total. The first kappa shape index (κ1) is 32.1. The number of benzene rings is 3. The summed E-state index contributed by atoms with van der Waals surface area (Å²) in [7, 11) is -1.52. The molecule has 4 rings (SSSR count). The standard InChI is InChI=1S/C31H35ClFN3O6S/c1-21(31(38)34-25-6-4-5-7-25)35(19-22-8-12-24(33)13-9-22)30(37)20-36(26-14-10-23(32)11-15-26)43(39,40)27-16-17-28(41-2)29(18-27)42-3/h8-18,21,25H,4-7,19-20H2,1-3H3,(H,34,38). The quantitative estimate of drug-likeness (QED) is 0.296. The molecule has 0 saturated heterocycles. The van der Waals surface area contributed by atoms with Gasteiger partial charge in [-0.1, -0.05) is 36.6 Å². The fourth-order valence-corrected chi connectivity index (χ4v) is 6.56. The Hall–Kier alpha value is -3.83. The van der Waals surface area contributed by atoms with Crippen LogP contribution in [0.5, 0.6) is 11.5 Å².